The van der Waals surface area contributed by atoms with Crippen LogP contribution in [0.2, 0.25) is 0 Å². The minimum atomic E-state index is -0.193. The van der Waals surface area contributed by atoms with E-state index >= 15 is 0 Å². The Bertz CT molecular complexity index is 806. The zero-order valence-corrected chi connectivity index (χ0v) is 12.8. The van der Waals surface area contributed by atoms with E-state index in [4.69, 9.17) is 4.74 Å². The van der Waals surface area contributed by atoms with Gasteiger partial charge in [-0.05, 0) is 43.3 Å². The average Bonchev–Trinajstić information content (AvgIpc) is 3.00. The Balaban J connectivity index is 1.82. The van der Waals surface area contributed by atoms with Gasteiger partial charge < -0.3 is 19.6 Å². The van der Waals surface area contributed by atoms with Gasteiger partial charge in [0.15, 0.2) is 0 Å². The van der Waals surface area contributed by atoms with Crippen molar-refractivity contribution in [3.63, 3.8) is 0 Å². The summed E-state index contributed by atoms with van der Waals surface area (Å²) in [4.78, 5) is 12.4. The van der Waals surface area contributed by atoms with E-state index in [0.717, 1.165) is 5.52 Å². The van der Waals surface area contributed by atoms with Crippen LogP contribution in [0.4, 0.5) is 5.69 Å². The lowest BCUT2D eigenvalue weighted by atomic mass is 10.1. The molecule has 0 bridgehead atoms. The standard InChI is InChI=1S/C18H18N2O3/c1-2-23-17-7-6-15(9-14(17)12-21)19-18(22)13-10-16-5-3-4-8-20(16)11-13/h3-11,21H,2,12H2,1H3,(H,19,22). The number of aliphatic hydroxyl groups excluding tert-OH is 1. The summed E-state index contributed by atoms with van der Waals surface area (Å²) in [7, 11) is 0. The zero-order valence-electron chi connectivity index (χ0n) is 12.8. The average molecular weight is 310 g/mol. The summed E-state index contributed by atoms with van der Waals surface area (Å²) in [5, 5.41) is 12.3. The smallest absolute Gasteiger partial charge is 0.257 e. The second kappa shape index (κ2) is 6.54. The molecule has 5 nitrogen and oxygen atoms in total. The number of hydrogen-bond acceptors (Lipinski definition) is 3. The number of pyridine rings is 1. The second-order valence-corrected chi connectivity index (χ2v) is 5.13. The maximum atomic E-state index is 12.4. The van der Waals surface area contributed by atoms with Crippen molar-refractivity contribution in [3.05, 3.63) is 66.0 Å². The number of carbonyl (C=O) groups excluding carboxylic acids is 1. The van der Waals surface area contributed by atoms with Gasteiger partial charge in [-0.3, -0.25) is 4.79 Å². The van der Waals surface area contributed by atoms with E-state index in [2.05, 4.69) is 5.32 Å². The Labute approximate surface area is 134 Å². The van der Waals surface area contributed by atoms with Crippen molar-refractivity contribution >= 4 is 17.1 Å². The van der Waals surface area contributed by atoms with Gasteiger partial charge in [0.1, 0.15) is 5.75 Å². The van der Waals surface area contributed by atoms with Crippen molar-refractivity contribution in [3.8, 4) is 5.75 Å². The number of ether oxygens (including phenoxy) is 1. The third-order valence-corrected chi connectivity index (χ3v) is 3.56. The Morgan fingerprint density at radius 1 is 1.26 bits per heavy atom. The second-order valence-electron chi connectivity index (χ2n) is 5.13. The highest BCUT2D eigenvalue weighted by atomic mass is 16.5. The van der Waals surface area contributed by atoms with Crippen LogP contribution >= 0.6 is 0 Å². The molecule has 0 radical (unpaired) electrons. The fourth-order valence-electron chi connectivity index (χ4n) is 2.46. The monoisotopic (exact) mass is 310 g/mol. The van der Waals surface area contributed by atoms with Crippen LogP contribution in [0.3, 0.4) is 0 Å². The van der Waals surface area contributed by atoms with Gasteiger partial charge >= 0.3 is 0 Å². The molecule has 3 aromatic rings. The van der Waals surface area contributed by atoms with E-state index in [-0.39, 0.29) is 12.5 Å². The predicted octanol–water partition coefficient (Wildman–Crippen LogP) is 3.08. The number of nitrogens with zero attached hydrogens (tertiary/aromatic N) is 1. The lowest BCUT2D eigenvalue weighted by Crippen LogP contribution is -2.11. The molecule has 1 amide bonds. The highest BCUT2D eigenvalue weighted by Gasteiger charge is 2.11. The van der Waals surface area contributed by atoms with Crippen LogP contribution in [-0.4, -0.2) is 22.0 Å². The Morgan fingerprint density at radius 3 is 2.87 bits per heavy atom. The minimum Gasteiger partial charge on any atom is -0.494 e. The molecule has 2 aromatic heterocycles. The fourth-order valence-corrected chi connectivity index (χ4v) is 2.46. The first-order valence-electron chi connectivity index (χ1n) is 7.46. The van der Waals surface area contributed by atoms with E-state index in [0.29, 0.717) is 29.2 Å². The topological polar surface area (TPSA) is 63.0 Å². The van der Waals surface area contributed by atoms with Gasteiger partial charge in [0.2, 0.25) is 0 Å². The summed E-state index contributed by atoms with van der Waals surface area (Å²) >= 11 is 0. The van der Waals surface area contributed by atoms with Crippen molar-refractivity contribution in [2.45, 2.75) is 13.5 Å². The van der Waals surface area contributed by atoms with Gasteiger partial charge in [0.25, 0.3) is 5.91 Å². The first-order valence-corrected chi connectivity index (χ1v) is 7.46. The number of hydrogen-bond donors (Lipinski definition) is 2. The van der Waals surface area contributed by atoms with E-state index < -0.39 is 0 Å². The van der Waals surface area contributed by atoms with Gasteiger partial charge in [-0.25, -0.2) is 0 Å². The van der Waals surface area contributed by atoms with Crippen molar-refractivity contribution in [1.29, 1.82) is 0 Å². The SMILES string of the molecule is CCOc1ccc(NC(=O)c2cc3ccccn3c2)cc1CO. The van der Waals surface area contributed by atoms with Crippen LogP contribution in [-0.2, 0) is 6.61 Å². The maximum Gasteiger partial charge on any atom is 0.257 e. The molecule has 23 heavy (non-hydrogen) atoms. The quantitative estimate of drug-likeness (QED) is 0.761. The van der Waals surface area contributed by atoms with Gasteiger partial charge in [-0.2, -0.15) is 0 Å². The maximum absolute atomic E-state index is 12.4. The molecular formula is C18H18N2O3. The van der Waals surface area contributed by atoms with Crippen molar-refractivity contribution < 1.29 is 14.6 Å². The highest BCUT2D eigenvalue weighted by molar-refractivity contribution is 6.05. The predicted molar refractivity (Wildman–Crippen MR) is 88.9 cm³/mol. The van der Waals surface area contributed by atoms with Crippen molar-refractivity contribution in [2.75, 3.05) is 11.9 Å². The number of nitrogens with one attached hydrogen (secondary N) is 1. The van der Waals surface area contributed by atoms with Gasteiger partial charge in [-0.15, -0.1) is 0 Å². The lowest BCUT2D eigenvalue weighted by Gasteiger charge is -2.11. The zero-order chi connectivity index (χ0) is 16.2. The Morgan fingerprint density at radius 2 is 2.13 bits per heavy atom. The summed E-state index contributed by atoms with van der Waals surface area (Å²) < 4.78 is 7.33. The molecule has 5 heteroatoms. The normalized spacial score (nSPS) is 10.7. The molecule has 118 valence electrons. The molecule has 0 saturated carbocycles. The molecule has 0 aliphatic carbocycles. The third-order valence-electron chi connectivity index (χ3n) is 3.56. The molecular weight excluding hydrogens is 292 g/mol. The van der Waals surface area contributed by atoms with E-state index in [1.165, 1.54) is 0 Å². The molecule has 3 rings (SSSR count). The number of carbonyl (C=O) groups is 1. The van der Waals surface area contributed by atoms with Crippen molar-refractivity contribution in [1.82, 2.24) is 4.40 Å². The van der Waals surface area contributed by atoms with Gasteiger partial charge in [0, 0.05) is 29.2 Å². The molecule has 0 spiro atoms. The lowest BCUT2D eigenvalue weighted by molar-refractivity contribution is 0.102. The van der Waals surface area contributed by atoms with Crippen molar-refractivity contribution in [2.24, 2.45) is 0 Å². The molecule has 0 atom stereocenters. The molecule has 0 saturated heterocycles. The number of aromatic nitrogens is 1. The third kappa shape index (κ3) is 3.19. The van der Waals surface area contributed by atoms with Crippen LogP contribution in [0, 0.1) is 0 Å². The highest BCUT2D eigenvalue weighted by Crippen LogP contribution is 2.23. The molecule has 0 fully saturated rings. The van der Waals surface area contributed by atoms with E-state index in [1.807, 2.05) is 41.8 Å². The summed E-state index contributed by atoms with van der Waals surface area (Å²) in [6.07, 6.45) is 3.68. The van der Waals surface area contributed by atoms with Crippen LogP contribution in [0.1, 0.15) is 22.8 Å². The van der Waals surface area contributed by atoms with E-state index in [9.17, 15) is 9.90 Å². The number of amides is 1. The molecule has 2 heterocycles. The number of benzene rings is 1. The first kappa shape index (κ1) is 15.1. The van der Waals surface area contributed by atoms with Gasteiger partial charge in [-0.1, -0.05) is 6.07 Å². The Kier molecular flexibility index (Phi) is 4.30. The van der Waals surface area contributed by atoms with Crippen LogP contribution in [0.5, 0.6) is 5.75 Å². The number of anilines is 1. The van der Waals surface area contributed by atoms with Gasteiger partial charge in [0.05, 0.1) is 18.8 Å². The largest absolute Gasteiger partial charge is 0.494 e. The molecule has 2 N–H and O–H groups in total. The molecule has 0 aliphatic rings. The van der Waals surface area contributed by atoms with E-state index in [1.54, 1.807) is 24.4 Å². The summed E-state index contributed by atoms with van der Waals surface area (Å²) in [5.74, 6) is 0.435. The van der Waals surface area contributed by atoms with Crippen LogP contribution in [0.25, 0.3) is 5.52 Å². The van der Waals surface area contributed by atoms with Crippen LogP contribution < -0.4 is 10.1 Å². The number of aliphatic hydroxyl groups is 1. The molecule has 0 unspecified atom stereocenters. The summed E-state index contributed by atoms with van der Waals surface area (Å²) in [5.41, 5.74) is 2.81. The summed E-state index contributed by atoms with van der Waals surface area (Å²) in [6, 6.07) is 12.8. The fraction of sp³-hybridized carbons (Fsp3) is 0.167. The van der Waals surface area contributed by atoms with Crippen LogP contribution in [0.15, 0.2) is 54.9 Å². The first-order chi connectivity index (χ1) is 11.2. The minimum absolute atomic E-state index is 0.144. The summed E-state index contributed by atoms with van der Waals surface area (Å²) in [6.45, 7) is 2.26. The number of fused-ring (bicyclic) bond motifs is 1. The molecule has 0 aliphatic heterocycles. The molecule has 1 aromatic carbocycles. The number of rotatable bonds is 5. The Hall–Kier alpha value is -2.79.